The van der Waals surface area contributed by atoms with E-state index in [0.29, 0.717) is 10.7 Å². The Labute approximate surface area is 113 Å². The van der Waals surface area contributed by atoms with Crippen LogP contribution >= 0.6 is 11.8 Å². The second-order valence-electron chi connectivity index (χ2n) is 3.43. The molecule has 0 saturated carbocycles. The van der Waals surface area contributed by atoms with Gasteiger partial charge < -0.3 is 10.1 Å². The number of carbonyl (C=O) groups excluding carboxylic acids is 1. The Balaban J connectivity index is 4.82. The quantitative estimate of drug-likeness (QED) is 0.473. The normalized spacial score (nSPS) is 14.0. The van der Waals surface area contributed by atoms with Gasteiger partial charge in [0.05, 0.1) is 0 Å². The molecule has 0 heterocycles. The minimum atomic E-state index is -0.685. The fourth-order valence-electron chi connectivity index (χ4n) is 1.23. The van der Waals surface area contributed by atoms with E-state index in [2.05, 4.69) is 23.5 Å². The lowest BCUT2D eigenvalue weighted by molar-refractivity contribution is -0.127. The van der Waals surface area contributed by atoms with Gasteiger partial charge in [0.1, 0.15) is 0 Å². The van der Waals surface area contributed by atoms with Gasteiger partial charge in [-0.15, -0.1) is 0 Å². The lowest BCUT2D eigenvalue weighted by Crippen LogP contribution is -2.39. The van der Waals surface area contributed by atoms with E-state index in [9.17, 15) is 4.79 Å². The number of amidine groups is 1. The van der Waals surface area contributed by atoms with Gasteiger partial charge in [-0.1, -0.05) is 37.1 Å². The van der Waals surface area contributed by atoms with Crippen molar-refractivity contribution < 1.29 is 9.53 Å². The Bertz CT molecular complexity index is 386. The maximum absolute atomic E-state index is 12.0. The number of allylic oxidation sites excluding steroid dienone is 2. The van der Waals surface area contributed by atoms with Crippen molar-refractivity contribution >= 4 is 22.8 Å². The summed E-state index contributed by atoms with van der Waals surface area (Å²) in [6.45, 7) is 11.1. The van der Waals surface area contributed by atoms with Gasteiger partial charge in [0.25, 0.3) is 5.91 Å². The van der Waals surface area contributed by atoms with E-state index in [4.69, 9.17) is 4.74 Å². The van der Waals surface area contributed by atoms with Gasteiger partial charge in [0, 0.05) is 14.2 Å². The molecule has 100 valence electrons. The monoisotopic (exact) mass is 268 g/mol. The molecular weight excluding hydrogens is 248 g/mol. The zero-order valence-corrected chi connectivity index (χ0v) is 12.1. The second kappa shape index (κ2) is 8.72. The fraction of sp³-hybridized carbons (Fsp3) is 0.385. The van der Waals surface area contributed by atoms with Crippen LogP contribution in [0.1, 0.15) is 13.8 Å². The topological polar surface area (TPSA) is 50.7 Å². The van der Waals surface area contributed by atoms with Crippen LogP contribution in [0, 0.1) is 0 Å². The molecule has 1 unspecified atom stereocenters. The molecule has 1 N–H and O–H groups in total. The minimum Gasteiger partial charge on any atom is -0.367 e. The van der Waals surface area contributed by atoms with E-state index in [1.807, 2.05) is 13.8 Å². The molecule has 18 heavy (non-hydrogen) atoms. The lowest BCUT2D eigenvalue weighted by atomic mass is 10.1. The Morgan fingerprint density at radius 1 is 1.56 bits per heavy atom. The van der Waals surface area contributed by atoms with Crippen LogP contribution in [0.15, 0.2) is 40.8 Å². The summed E-state index contributed by atoms with van der Waals surface area (Å²) in [6.07, 6.45) is 2.70. The molecule has 0 aromatic heterocycles. The van der Waals surface area contributed by atoms with Crippen molar-refractivity contribution in [3.63, 3.8) is 0 Å². The zero-order valence-electron chi connectivity index (χ0n) is 11.3. The first kappa shape index (κ1) is 16.7. The van der Waals surface area contributed by atoms with Gasteiger partial charge in [-0.3, -0.25) is 9.79 Å². The highest BCUT2D eigenvalue weighted by atomic mass is 32.2. The van der Waals surface area contributed by atoms with E-state index in [0.717, 1.165) is 4.91 Å². The molecule has 0 rings (SSSR count). The SMILES string of the molecule is C=C/C(=C\C)C(OC)C(=O)N/C(=N/C)SC(=C)C. The number of carbonyl (C=O) groups is 1. The molecule has 0 aromatic carbocycles. The number of ether oxygens (including phenoxy) is 1. The van der Waals surface area contributed by atoms with Gasteiger partial charge in [-0.2, -0.15) is 0 Å². The van der Waals surface area contributed by atoms with Gasteiger partial charge in [0.15, 0.2) is 11.3 Å². The van der Waals surface area contributed by atoms with Gasteiger partial charge in [-0.25, -0.2) is 0 Å². The molecule has 0 fully saturated rings. The fourth-order valence-corrected chi connectivity index (χ4v) is 1.81. The number of amides is 1. The number of nitrogens with zero attached hydrogens (tertiary/aromatic N) is 1. The second-order valence-corrected chi connectivity index (χ2v) is 4.72. The van der Waals surface area contributed by atoms with E-state index < -0.39 is 6.10 Å². The molecule has 1 atom stereocenters. The summed E-state index contributed by atoms with van der Waals surface area (Å²) in [7, 11) is 3.09. The molecule has 0 spiro atoms. The maximum atomic E-state index is 12.0. The number of hydrogen-bond donors (Lipinski definition) is 1. The average molecular weight is 268 g/mol. The summed E-state index contributed by atoms with van der Waals surface area (Å²) in [4.78, 5) is 16.9. The number of thioether (sulfide) groups is 1. The number of aliphatic imine (C=N–C) groups is 1. The van der Waals surface area contributed by atoms with Crippen molar-refractivity contribution in [2.45, 2.75) is 20.0 Å². The van der Waals surface area contributed by atoms with Crippen molar-refractivity contribution in [2.75, 3.05) is 14.2 Å². The summed E-state index contributed by atoms with van der Waals surface area (Å²) in [5.74, 6) is -0.278. The first-order valence-electron chi connectivity index (χ1n) is 5.42. The number of hydrogen-bond acceptors (Lipinski definition) is 4. The van der Waals surface area contributed by atoms with E-state index in [-0.39, 0.29) is 5.91 Å². The summed E-state index contributed by atoms with van der Waals surface area (Å²) < 4.78 is 5.17. The molecule has 0 aliphatic rings. The molecule has 0 aliphatic heterocycles. The highest BCUT2D eigenvalue weighted by Crippen LogP contribution is 2.14. The van der Waals surface area contributed by atoms with Crippen LogP contribution < -0.4 is 5.32 Å². The summed E-state index contributed by atoms with van der Waals surface area (Å²) in [5.41, 5.74) is 0.714. The van der Waals surface area contributed by atoms with Crippen LogP contribution in [0.5, 0.6) is 0 Å². The molecule has 4 nitrogen and oxygen atoms in total. The molecule has 1 amide bonds. The van der Waals surface area contributed by atoms with Gasteiger partial charge in [-0.05, 0) is 24.3 Å². The molecule has 0 aliphatic carbocycles. The van der Waals surface area contributed by atoms with Crippen LogP contribution in [0.2, 0.25) is 0 Å². The van der Waals surface area contributed by atoms with Crippen molar-refractivity contribution in [1.29, 1.82) is 0 Å². The first-order valence-corrected chi connectivity index (χ1v) is 6.24. The summed E-state index contributed by atoms with van der Waals surface area (Å²) in [6, 6.07) is 0. The third-order valence-corrected chi connectivity index (χ3v) is 2.88. The standard InChI is InChI=1S/C13H20N2O2S/c1-7-10(8-2)11(17-6)12(16)15-13(14-5)18-9(3)4/h7-8,11H,1,3H2,2,4-6H3,(H,14,15,16)/b10-8+. The van der Waals surface area contributed by atoms with Crippen molar-refractivity contribution in [3.05, 3.63) is 35.8 Å². The number of methoxy groups -OCH3 is 1. The van der Waals surface area contributed by atoms with Crippen molar-refractivity contribution in [1.82, 2.24) is 5.32 Å². The highest BCUT2D eigenvalue weighted by Gasteiger charge is 2.21. The zero-order chi connectivity index (χ0) is 14.1. The van der Waals surface area contributed by atoms with Gasteiger partial charge in [0.2, 0.25) is 0 Å². The Kier molecular flexibility index (Phi) is 8.07. The molecular formula is C13H20N2O2S. The third kappa shape index (κ3) is 5.33. The van der Waals surface area contributed by atoms with E-state index in [1.165, 1.54) is 18.9 Å². The molecule has 0 aromatic rings. The smallest absolute Gasteiger partial charge is 0.259 e. The molecule has 5 heteroatoms. The van der Waals surface area contributed by atoms with Crippen LogP contribution in [0.25, 0.3) is 0 Å². The van der Waals surface area contributed by atoms with Crippen LogP contribution in [-0.4, -0.2) is 31.3 Å². The van der Waals surface area contributed by atoms with Crippen molar-refractivity contribution in [2.24, 2.45) is 4.99 Å². The molecule has 0 saturated heterocycles. The van der Waals surface area contributed by atoms with E-state index >= 15 is 0 Å². The summed E-state index contributed by atoms with van der Waals surface area (Å²) in [5, 5.41) is 3.19. The molecule has 0 bridgehead atoms. The number of rotatable bonds is 5. The van der Waals surface area contributed by atoms with Crippen LogP contribution in [-0.2, 0) is 9.53 Å². The Morgan fingerprint density at radius 3 is 2.50 bits per heavy atom. The predicted molar refractivity (Wildman–Crippen MR) is 78.7 cm³/mol. The van der Waals surface area contributed by atoms with Crippen LogP contribution in [0.4, 0.5) is 0 Å². The van der Waals surface area contributed by atoms with Crippen LogP contribution in [0.3, 0.4) is 0 Å². The minimum absolute atomic E-state index is 0.278. The van der Waals surface area contributed by atoms with Gasteiger partial charge >= 0.3 is 0 Å². The Hall–Kier alpha value is -1.33. The predicted octanol–water partition coefficient (Wildman–Crippen LogP) is 2.50. The summed E-state index contributed by atoms with van der Waals surface area (Å²) >= 11 is 1.31. The third-order valence-electron chi connectivity index (χ3n) is 2.05. The number of nitrogens with one attached hydrogen (secondary N) is 1. The first-order chi connectivity index (χ1) is 8.49. The largest absolute Gasteiger partial charge is 0.367 e. The Morgan fingerprint density at radius 2 is 2.17 bits per heavy atom. The lowest BCUT2D eigenvalue weighted by Gasteiger charge is -2.16. The van der Waals surface area contributed by atoms with Crippen molar-refractivity contribution in [3.8, 4) is 0 Å². The van der Waals surface area contributed by atoms with E-state index in [1.54, 1.807) is 19.2 Å². The highest BCUT2D eigenvalue weighted by molar-refractivity contribution is 8.17. The average Bonchev–Trinajstić information content (AvgIpc) is 2.33. The maximum Gasteiger partial charge on any atom is 0.259 e. The molecule has 0 radical (unpaired) electrons.